The third kappa shape index (κ3) is 6.67. The summed E-state index contributed by atoms with van der Waals surface area (Å²) in [5, 5.41) is 0. The van der Waals surface area contributed by atoms with E-state index >= 15 is 0 Å². The van der Waals surface area contributed by atoms with Crippen LogP contribution in [-0.4, -0.2) is 13.2 Å². The van der Waals surface area contributed by atoms with Crippen molar-refractivity contribution in [2.75, 3.05) is 7.11 Å². The molecule has 1 aromatic rings. The minimum atomic E-state index is -5.05. The Bertz CT molecular complexity index is 867. The van der Waals surface area contributed by atoms with Crippen LogP contribution in [0, 0.1) is 17.8 Å². The Morgan fingerprint density at radius 2 is 1.05 bits per heavy atom. The lowest BCUT2D eigenvalue weighted by Crippen LogP contribution is -2.28. The molecule has 3 aliphatic rings. The summed E-state index contributed by atoms with van der Waals surface area (Å²) in [4.78, 5) is 0. The Morgan fingerprint density at radius 3 is 1.43 bits per heavy atom. The van der Waals surface area contributed by atoms with Crippen LogP contribution in [0.25, 0.3) is 0 Å². The van der Waals surface area contributed by atoms with Gasteiger partial charge in [0.1, 0.15) is 0 Å². The molecule has 1 aromatic carbocycles. The number of hydrogen-bond donors (Lipinski definition) is 0. The van der Waals surface area contributed by atoms with E-state index in [2.05, 4.69) is 6.92 Å². The highest BCUT2D eigenvalue weighted by atomic mass is 19.4. The van der Waals surface area contributed by atoms with Crippen molar-refractivity contribution >= 4 is 0 Å². The lowest BCUT2D eigenvalue weighted by Gasteiger charge is -2.39. The van der Waals surface area contributed by atoms with Crippen LogP contribution in [-0.2, 0) is 17.1 Å². The molecule has 0 radical (unpaired) electrons. The summed E-state index contributed by atoms with van der Waals surface area (Å²) in [7, 11) is 1.56. The Hall–Kier alpha value is -1.24. The van der Waals surface area contributed by atoms with E-state index in [9.17, 15) is 26.3 Å². The van der Waals surface area contributed by atoms with Crippen molar-refractivity contribution in [2.24, 2.45) is 17.8 Å². The largest absolute Gasteiger partial charge is 0.417 e. The molecule has 0 amide bonds. The summed E-state index contributed by atoms with van der Waals surface area (Å²) >= 11 is 0. The highest BCUT2D eigenvalue weighted by Crippen LogP contribution is 2.52. The van der Waals surface area contributed by atoms with Crippen LogP contribution in [0.5, 0.6) is 0 Å². The summed E-state index contributed by atoms with van der Waals surface area (Å²) < 4.78 is 91.6. The Labute approximate surface area is 217 Å². The van der Waals surface area contributed by atoms with Gasteiger partial charge in [0, 0.05) is 7.11 Å². The van der Waals surface area contributed by atoms with Crippen molar-refractivity contribution in [1.82, 2.24) is 0 Å². The molecule has 3 aliphatic carbocycles. The molecule has 1 nitrogen and oxygen atoms in total. The van der Waals surface area contributed by atoms with Gasteiger partial charge in [-0.2, -0.15) is 26.3 Å². The van der Waals surface area contributed by atoms with Crippen molar-refractivity contribution in [3.05, 3.63) is 34.4 Å². The van der Waals surface area contributed by atoms with E-state index in [0.29, 0.717) is 50.4 Å². The van der Waals surface area contributed by atoms with Gasteiger partial charge in [-0.1, -0.05) is 44.7 Å². The van der Waals surface area contributed by atoms with Crippen LogP contribution in [0.4, 0.5) is 26.3 Å². The number of rotatable bonds is 6. The maximum Gasteiger partial charge on any atom is 0.417 e. The summed E-state index contributed by atoms with van der Waals surface area (Å²) in [5.74, 6) is 0.910. The topological polar surface area (TPSA) is 9.23 Å². The fourth-order valence-electron chi connectivity index (χ4n) is 7.79. The number of benzene rings is 1. The molecule has 4 rings (SSSR count). The molecule has 3 fully saturated rings. The second kappa shape index (κ2) is 11.9. The molecule has 0 N–H and O–H groups in total. The Morgan fingerprint density at radius 1 is 0.649 bits per heavy atom. The SMILES string of the molecule is CCCC1CCC(C2CCC(c3ccc(C4CCC(OC)CC4)c(C(F)(F)F)c3C(F)(F)F)CC2)CC1. The molecule has 37 heavy (non-hydrogen) atoms. The van der Waals surface area contributed by atoms with Crippen molar-refractivity contribution in [1.29, 1.82) is 0 Å². The smallest absolute Gasteiger partial charge is 0.381 e. The molecule has 0 spiro atoms. The fourth-order valence-corrected chi connectivity index (χ4v) is 7.79. The van der Waals surface area contributed by atoms with Gasteiger partial charge in [0.25, 0.3) is 0 Å². The van der Waals surface area contributed by atoms with E-state index in [1.165, 1.54) is 50.7 Å². The normalized spacial score (nSPS) is 31.9. The van der Waals surface area contributed by atoms with Crippen molar-refractivity contribution < 1.29 is 31.1 Å². The Balaban J connectivity index is 1.56. The molecule has 3 saturated carbocycles. The van der Waals surface area contributed by atoms with Gasteiger partial charge >= 0.3 is 12.4 Å². The molecule has 0 saturated heterocycles. The molecule has 0 atom stereocenters. The Kier molecular flexibility index (Phi) is 9.23. The van der Waals surface area contributed by atoms with E-state index in [4.69, 9.17) is 4.74 Å². The number of halogens is 6. The minimum absolute atomic E-state index is 0.0381. The zero-order chi connectivity index (χ0) is 26.8. The monoisotopic (exact) mass is 532 g/mol. The second-order valence-electron chi connectivity index (χ2n) is 11.9. The molecule has 210 valence electrons. The van der Waals surface area contributed by atoms with Gasteiger partial charge in [-0.15, -0.1) is 0 Å². The third-order valence-electron chi connectivity index (χ3n) is 9.75. The molecule has 0 unspecified atom stereocenters. The first-order valence-electron chi connectivity index (χ1n) is 14.4. The molecular formula is C30H42F6O. The van der Waals surface area contributed by atoms with Crippen LogP contribution >= 0.6 is 0 Å². The zero-order valence-corrected chi connectivity index (χ0v) is 22.2. The lowest BCUT2D eigenvalue weighted by molar-refractivity contribution is -0.163. The fraction of sp³-hybridized carbons (Fsp3) is 0.800. The molecule has 0 bridgehead atoms. The minimum Gasteiger partial charge on any atom is -0.381 e. The summed E-state index contributed by atoms with van der Waals surface area (Å²) in [6, 6.07) is 2.75. The maximum atomic E-state index is 14.4. The highest BCUT2D eigenvalue weighted by molar-refractivity contribution is 5.48. The zero-order valence-electron chi connectivity index (χ0n) is 22.2. The van der Waals surface area contributed by atoms with Gasteiger partial charge < -0.3 is 4.74 Å². The molecule has 0 aromatic heterocycles. The lowest BCUT2D eigenvalue weighted by atomic mass is 9.67. The van der Waals surface area contributed by atoms with Crippen LogP contribution < -0.4 is 0 Å². The van der Waals surface area contributed by atoms with Gasteiger partial charge in [0.2, 0.25) is 0 Å². The maximum absolute atomic E-state index is 14.4. The highest BCUT2D eigenvalue weighted by Gasteiger charge is 2.48. The predicted octanol–water partition coefficient (Wildman–Crippen LogP) is 10.3. The first kappa shape index (κ1) is 28.8. The van der Waals surface area contributed by atoms with E-state index in [1.807, 2.05) is 0 Å². The summed E-state index contributed by atoms with van der Waals surface area (Å²) in [5.41, 5.74) is -3.18. The number of methoxy groups -OCH3 is 1. The second-order valence-corrected chi connectivity index (χ2v) is 11.9. The van der Waals surface area contributed by atoms with E-state index in [-0.39, 0.29) is 17.2 Å². The van der Waals surface area contributed by atoms with Gasteiger partial charge in [-0.05, 0) is 105 Å². The summed E-state index contributed by atoms with van der Waals surface area (Å²) in [6.07, 6.45) is 1.82. The number of ether oxygens (including phenoxy) is 1. The van der Waals surface area contributed by atoms with Crippen molar-refractivity contribution in [3.63, 3.8) is 0 Å². The van der Waals surface area contributed by atoms with E-state index in [0.717, 1.165) is 18.8 Å². The summed E-state index contributed by atoms with van der Waals surface area (Å²) in [6.45, 7) is 2.21. The van der Waals surface area contributed by atoms with Crippen LogP contribution in [0.1, 0.15) is 131 Å². The first-order valence-corrected chi connectivity index (χ1v) is 14.4. The van der Waals surface area contributed by atoms with Crippen LogP contribution in [0.2, 0.25) is 0 Å². The van der Waals surface area contributed by atoms with Crippen LogP contribution in [0.3, 0.4) is 0 Å². The molecule has 0 heterocycles. The van der Waals surface area contributed by atoms with Gasteiger partial charge in [-0.3, -0.25) is 0 Å². The molecule has 0 aliphatic heterocycles. The standard InChI is InChI=1S/C30H42F6O/c1-3-4-19-5-7-20(8-6-19)21-9-11-22(12-10-21)25-17-18-26(23-13-15-24(37-2)16-14-23)28(30(34,35)36)27(25)29(31,32)33/h17-24H,3-16H2,1-2H3. The third-order valence-corrected chi connectivity index (χ3v) is 9.75. The molecular weight excluding hydrogens is 490 g/mol. The average Bonchev–Trinajstić information content (AvgIpc) is 2.88. The first-order chi connectivity index (χ1) is 17.5. The average molecular weight is 533 g/mol. The van der Waals surface area contributed by atoms with Gasteiger partial charge in [-0.25, -0.2) is 0 Å². The van der Waals surface area contributed by atoms with Crippen molar-refractivity contribution in [3.8, 4) is 0 Å². The number of alkyl halides is 6. The van der Waals surface area contributed by atoms with Gasteiger partial charge in [0.05, 0.1) is 17.2 Å². The van der Waals surface area contributed by atoms with E-state index < -0.39 is 35.3 Å². The quantitative estimate of drug-likeness (QED) is 0.331. The van der Waals surface area contributed by atoms with E-state index in [1.54, 1.807) is 7.11 Å². The van der Waals surface area contributed by atoms with Crippen LogP contribution in [0.15, 0.2) is 12.1 Å². The molecule has 7 heteroatoms. The number of hydrogen-bond acceptors (Lipinski definition) is 1. The van der Waals surface area contributed by atoms with Gasteiger partial charge in [0.15, 0.2) is 0 Å². The van der Waals surface area contributed by atoms with Crippen molar-refractivity contribution in [2.45, 2.75) is 127 Å². The predicted molar refractivity (Wildman–Crippen MR) is 134 cm³/mol.